The third-order valence-corrected chi connectivity index (χ3v) is 6.04. The van der Waals surface area contributed by atoms with Crippen molar-refractivity contribution in [1.82, 2.24) is 0 Å². The second-order valence-corrected chi connectivity index (χ2v) is 7.77. The molecule has 3 aliphatic rings. The molecule has 1 heteroatoms. The van der Waals surface area contributed by atoms with Crippen molar-refractivity contribution in [2.75, 3.05) is 0 Å². The maximum Gasteiger partial charge on any atom is 0.132 e. The molecule has 0 aromatic heterocycles. The highest BCUT2D eigenvalue weighted by molar-refractivity contribution is 5.78. The molecule has 3 saturated carbocycles. The van der Waals surface area contributed by atoms with Gasteiger partial charge in [0.1, 0.15) is 5.78 Å². The maximum absolute atomic E-state index is 11.5. The van der Waals surface area contributed by atoms with Crippen molar-refractivity contribution in [3.05, 3.63) is 12.2 Å². The van der Waals surface area contributed by atoms with E-state index >= 15 is 0 Å². The SMILES string of the molecule is CC(=O)C1CC2CC(C)(/C=C/C3CCCC3)CC2C1. The molecule has 0 amide bonds. The van der Waals surface area contributed by atoms with Crippen molar-refractivity contribution in [2.45, 2.75) is 65.2 Å². The molecule has 3 rings (SSSR count). The number of fused-ring (bicyclic) bond motifs is 1. The lowest BCUT2D eigenvalue weighted by molar-refractivity contribution is -0.120. The Morgan fingerprint density at radius 3 is 2.21 bits per heavy atom. The summed E-state index contributed by atoms with van der Waals surface area (Å²) in [6.07, 6.45) is 15.7. The van der Waals surface area contributed by atoms with Gasteiger partial charge in [-0.3, -0.25) is 4.79 Å². The van der Waals surface area contributed by atoms with Crippen molar-refractivity contribution in [3.8, 4) is 0 Å². The third kappa shape index (κ3) is 2.80. The summed E-state index contributed by atoms with van der Waals surface area (Å²) >= 11 is 0. The number of carbonyl (C=O) groups excluding carboxylic acids is 1. The second kappa shape index (κ2) is 5.07. The summed E-state index contributed by atoms with van der Waals surface area (Å²) in [5.74, 6) is 3.33. The van der Waals surface area contributed by atoms with E-state index in [4.69, 9.17) is 0 Å². The number of Topliss-reactive ketones (excluding diaryl/α,β-unsaturated/α-hetero) is 1. The van der Waals surface area contributed by atoms with Crippen LogP contribution in [0.15, 0.2) is 12.2 Å². The highest BCUT2D eigenvalue weighted by atomic mass is 16.1. The average molecular weight is 260 g/mol. The summed E-state index contributed by atoms with van der Waals surface area (Å²) in [5, 5.41) is 0. The molecule has 0 heterocycles. The minimum absolute atomic E-state index is 0.387. The first-order valence-corrected chi connectivity index (χ1v) is 8.25. The normalized spacial score (nSPS) is 43.2. The van der Waals surface area contributed by atoms with E-state index < -0.39 is 0 Å². The van der Waals surface area contributed by atoms with Crippen molar-refractivity contribution in [3.63, 3.8) is 0 Å². The number of rotatable bonds is 3. The molecule has 0 saturated heterocycles. The Hall–Kier alpha value is -0.590. The number of carbonyl (C=O) groups is 1. The van der Waals surface area contributed by atoms with Gasteiger partial charge < -0.3 is 0 Å². The monoisotopic (exact) mass is 260 g/mol. The smallest absolute Gasteiger partial charge is 0.132 e. The molecule has 19 heavy (non-hydrogen) atoms. The summed E-state index contributed by atoms with van der Waals surface area (Å²) in [4.78, 5) is 11.5. The summed E-state index contributed by atoms with van der Waals surface area (Å²) < 4.78 is 0. The Labute approximate surface area is 117 Å². The van der Waals surface area contributed by atoms with Crippen LogP contribution in [0, 0.1) is 29.1 Å². The van der Waals surface area contributed by atoms with Crippen LogP contribution in [0.1, 0.15) is 65.2 Å². The lowest BCUT2D eigenvalue weighted by atomic mass is 9.83. The van der Waals surface area contributed by atoms with Gasteiger partial charge in [0.15, 0.2) is 0 Å². The minimum Gasteiger partial charge on any atom is -0.300 e. The van der Waals surface area contributed by atoms with Gasteiger partial charge >= 0.3 is 0 Å². The molecule has 0 spiro atoms. The summed E-state index contributed by atoms with van der Waals surface area (Å²) in [7, 11) is 0. The fourth-order valence-corrected chi connectivity index (χ4v) is 4.98. The number of ketones is 1. The van der Waals surface area contributed by atoms with Crippen LogP contribution in [-0.4, -0.2) is 5.78 Å². The zero-order valence-corrected chi connectivity index (χ0v) is 12.5. The van der Waals surface area contributed by atoms with Crippen LogP contribution in [0.5, 0.6) is 0 Å². The summed E-state index contributed by atoms with van der Waals surface area (Å²) in [6, 6.07) is 0. The zero-order chi connectivity index (χ0) is 13.5. The predicted octanol–water partition coefficient (Wildman–Crippen LogP) is 4.76. The van der Waals surface area contributed by atoms with Crippen LogP contribution in [-0.2, 0) is 4.79 Å². The van der Waals surface area contributed by atoms with Gasteiger partial charge in [-0.15, -0.1) is 0 Å². The van der Waals surface area contributed by atoms with Crippen LogP contribution < -0.4 is 0 Å². The highest BCUT2D eigenvalue weighted by Gasteiger charge is 2.46. The molecule has 106 valence electrons. The Morgan fingerprint density at radius 2 is 1.68 bits per heavy atom. The lowest BCUT2D eigenvalue weighted by Crippen LogP contribution is -2.13. The van der Waals surface area contributed by atoms with E-state index in [9.17, 15) is 4.79 Å². The van der Waals surface area contributed by atoms with E-state index in [1.807, 2.05) is 0 Å². The summed E-state index contributed by atoms with van der Waals surface area (Å²) in [6.45, 7) is 4.23. The molecule has 0 radical (unpaired) electrons. The lowest BCUT2D eigenvalue weighted by Gasteiger charge is -2.22. The summed E-state index contributed by atoms with van der Waals surface area (Å²) in [5.41, 5.74) is 0.430. The van der Waals surface area contributed by atoms with Crippen molar-refractivity contribution >= 4 is 5.78 Å². The Balaban J connectivity index is 1.59. The molecular weight excluding hydrogens is 232 g/mol. The third-order valence-electron chi connectivity index (χ3n) is 6.04. The minimum atomic E-state index is 0.387. The second-order valence-electron chi connectivity index (χ2n) is 7.77. The van der Waals surface area contributed by atoms with E-state index in [1.165, 1.54) is 51.4 Å². The fraction of sp³-hybridized carbons (Fsp3) is 0.833. The van der Waals surface area contributed by atoms with Gasteiger partial charge in [0, 0.05) is 5.92 Å². The average Bonchev–Trinajstić information content (AvgIpc) is 3.00. The largest absolute Gasteiger partial charge is 0.300 e. The Morgan fingerprint density at radius 1 is 1.11 bits per heavy atom. The van der Waals surface area contributed by atoms with Crippen molar-refractivity contribution in [1.29, 1.82) is 0 Å². The van der Waals surface area contributed by atoms with E-state index in [-0.39, 0.29) is 0 Å². The van der Waals surface area contributed by atoms with Crippen LogP contribution >= 0.6 is 0 Å². The molecule has 3 aliphatic carbocycles. The molecule has 0 N–H and O–H groups in total. The molecule has 0 bridgehead atoms. The Bertz CT molecular complexity index is 361. The van der Waals surface area contributed by atoms with E-state index in [0.29, 0.717) is 17.1 Å². The van der Waals surface area contributed by atoms with E-state index in [1.54, 1.807) is 6.92 Å². The van der Waals surface area contributed by atoms with Crippen LogP contribution in [0.2, 0.25) is 0 Å². The number of hydrogen-bond donors (Lipinski definition) is 0. The number of hydrogen-bond acceptors (Lipinski definition) is 1. The van der Waals surface area contributed by atoms with E-state index in [2.05, 4.69) is 19.1 Å². The molecule has 0 aliphatic heterocycles. The molecule has 0 aromatic rings. The van der Waals surface area contributed by atoms with Gasteiger partial charge in [-0.2, -0.15) is 0 Å². The van der Waals surface area contributed by atoms with Gasteiger partial charge in [0.2, 0.25) is 0 Å². The van der Waals surface area contributed by atoms with Crippen molar-refractivity contribution < 1.29 is 4.79 Å². The molecule has 3 fully saturated rings. The number of allylic oxidation sites excluding steroid dienone is 2. The first-order chi connectivity index (χ1) is 9.06. The first-order valence-electron chi connectivity index (χ1n) is 8.25. The van der Waals surface area contributed by atoms with Gasteiger partial charge in [-0.05, 0) is 68.6 Å². The van der Waals surface area contributed by atoms with Gasteiger partial charge in [-0.1, -0.05) is 31.9 Å². The van der Waals surface area contributed by atoms with Crippen LogP contribution in [0.25, 0.3) is 0 Å². The fourth-order valence-electron chi connectivity index (χ4n) is 4.98. The zero-order valence-electron chi connectivity index (χ0n) is 12.5. The first kappa shape index (κ1) is 13.4. The van der Waals surface area contributed by atoms with Gasteiger partial charge in [0.05, 0.1) is 0 Å². The molecule has 2 atom stereocenters. The maximum atomic E-state index is 11.5. The molecule has 1 nitrogen and oxygen atoms in total. The van der Waals surface area contributed by atoms with Crippen LogP contribution in [0.4, 0.5) is 0 Å². The molecule has 0 aromatic carbocycles. The topological polar surface area (TPSA) is 17.1 Å². The highest BCUT2D eigenvalue weighted by Crippen LogP contribution is 2.55. The molecular formula is C18H28O. The van der Waals surface area contributed by atoms with Crippen LogP contribution in [0.3, 0.4) is 0 Å². The predicted molar refractivity (Wildman–Crippen MR) is 78.8 cm³/mol. The quantitative estimate of drug-likeness (QED) is 0.668. The van der Waals surface area contributed by atoms with Gasteiger partial charge in [-0.25, -0.2) is 0 Å². The van der Waals surface area contributed by atoms with E-state index in [0.717, 1.165) is 17.8 Å². The van der Waals surface area contributed by atoms with Crippen molar-refractivity contribution in [2.24, 2.45) is 29.1 Å². The molecule has 2 unspecified atom stereocenters. The standard InChI is InChI=1S/C18H28O/c1-13(19)15-9-16-11-18(2,12-17(16)10-15)8-7-14-5-3-4-6-14/h7-8,14-17H,3-6,9-12H2,1-2H3/b8-7+. The Kier molecular flexibility index (Phi) is 3.57. The van der Waals surface area contributed by atoms with Gasteiger partial charge in [0.25, 0.3) is 0 Å².